The van der Waals surface area contributed by atoms with Crippen molar-refractivity contribution in [2.75, 3.05) is 0 Å². The number of carboxylic acids is 1. The lowest BCUT2D eigenvalue weighted by Gasteiger charge is -2.27. The van der Waals surface area contributed by atoms with Crippen LogP contribution in [-0.2, 0) is 14.3 Å². The molecule has 0 spiro atoms. The zero-order valence-electron chi connectivity index (χ0n) is 11.3. The minimum absolute atomic E-state index is 0.205. The molecule has 0 aromatic rings. The second kappa shape index (κ2) is 5.25. The molecule has 1 rings (SSSR count). The summed E-state index contributed by atoms with van der Waals surface area (Å²) in [5.74, 6) is -1.96. The van der Waals surface area contributed by atoms with Gasteiger partial charge in [-0.3, -0.25) is 0 Å². The Kier molecular flexibility index (Phi) is 4.16. The molecule has 0 amide bonds. The summed E-state index contributed by atoms with van der Waals surface area (Å²) in [6, 6.07) is 0. The minimum atomic E-state index is -1.02. The van der Waals surface area contributed by atoms with Crippen molar-refractivity contribution in [2.45, 2.75) is 40.7 Å². The topological polar surface area (TPSA) is 75.6 Å². The van der Waals surface area contributed by atoms with Crippen molar-refractivity contribution in [3.63, 3.8) is 0 Å². The third kappa shape index (κ3) is 2.72. The lowest BCUT2D eigenvalue weighted by atomic mass is 9.87. The molecule has 0 aromatic carbocycles. The highest BCUT2D eigenvalue weighted by Crippen LogP contribution is 2.30. The molecule has 0 radical (unpaired) electrons. The molecule has 0 aromatic heterocycles. The Morgan fingerprint density at radius 3 is 2.17 bits per heavy atom. The van der Waals surface area contributed by atoms with Crippen LogP contribution in [0.4, 0.5) is 0 Å². The fourth-order valence-electron chi connectivity index (χ4n) is 2.16. The van der Waals surface area contributed by atoms with E-state index in [-0.39, 0.29) is 11.7 Å². The van der Waals surface area contributed by atoms with E-state index in [1.54, 1.807) is 34.6 Å². The highest BCUT2D eigenvalue weighted by atomic mass is 16.5. The van der Waals surface area contributed by atoms with E-state index in [0.29, 0.717) is 17.0 Å². The summed E-state index contributed by atoms with van der Waals surface area (Å²) in [7, 11) is 0. The zero-order chi connectivity index (χ0) is 14.0. The third-order valence-electron chi connectivity index (χ3n) is 2.84. The molecule has 0 fully saturated rings. The highest BCUT2D eigenvalue weighted by molar-refractivity contribution is 5.96. The van der Waals surface area contributed by atoms with Crippen molar-refractivity contribution in [1.29, 1.82) is 0 Å². The van der Waals surface area contributed by atoms with E-state index < -0.39 is 17.9 Å². The predicted octanol–water partition coefficient (Wildman–Crippen LogP) is 1.81. The average Bonchev–Trinajstić information content (AvgIpc) is 2.13. The van der Waals surface area contributed by atoms with Crippen molar-refractivity contribution < 1.29 is 19.4 Å². The number of hydrogen-bond acceptors (Lipinski definition) is 4. The van der Waals surface area contributed by atoms with Crippen LogP contribution in [0, 0.1) is 5.92 Å². The van der Waals surface area contributed by atoms with Gasteiger partial charge in [0.05, 0.1) is 17.3 Å². The molecule has 1 aliphatic rings. The Hall–Kier alpha value is -1.78. The van der Waals surface area contributed by atoms with Crippen molar-refractivity contribution in [2.24, 2.45) is 5.92 Å². The molecule has 1 unspecified atom stereocenters. The molecule has 1 aliphatic heterocycles. The molecule has 18 heavy (non-hydrogen) atoms. The maximum Gasteiger partial charge on any atom is 0.336 e. The Morgan fingerprint density at radius 2 is 1.72 bits per heavy atom. The molecule has 0 saturated carbocycles. The molecule has 5 heteroatoms. The van der Waals surface area contributed by atoms with Crippen molar-refractivity contribution in [3.8, 4) is 0 Å². The number of ether oxygens (including phenoxy) is 1. The van der Waals surface area contributed by atoms with Crippen LogP contribution in [0.25, 0.3) is 0 Å². The number of aliphatic carboxylic acids is 1. The number of allylic oxidation sites excluding steroid dienone is 2. The van der Waals surface area contributed by atoms with E-state index in [1.807, 2.05) is 0 Å². The monoisotopic (exact) mass is 253 g/mol. The minimum Gasteiger partial charge on any atom is -0.478 e. The van der Waals surface area contributed by atoms with Gasteiger partial charge in [-0.15, -0.1) is 0 Å². The summed E-state index contributed by atoms with van der Waals surface area (Å²) in [4.78, 5) is 23.2. The van der Waals surface area contributed by atoms with Crippen LogP contribution >= 0.6 is 0 Å². The first-order valence-electron chi connectivity index (χ1n) is 5.88. The molecule has 1 atom stereocenters. The average molecular weight is 253 g/mol. The van der Waals surface area contributed by atoms with Crippen molar-refractivity contribution in [1.82, 2.24) is 5.32 Å². The van der Waals surface area contributed by atoms with E-state index >= 15 is 0 Å². The van der Waals surface area contributed by atoms with E-state index in [4.69, 9.17) is 4.74 Å². The Bertz CT molecular complexity index is 446. The van der Waals surface area contributed by atoms with Gasteiger partial charge in [-0.05, 0) is 27.7 Å². The first-order valence-corrected chi connectivity index (χ1v) is 5.88. The molecule has 0 saturated heterocycles. The molecule has 5 nitrogen and oxygen atoms in total. The quantitative estimate of drug-likeness (QED) is 0.750. The van der Waals surface area contributed by atoms with Gasteiger partial charge in [0.25, 0.3) is 0 Å². The van der Waals surface area contributed by atoms with Crippen molar-refractivity contribution in [3.05, 3.63) is 22.5 Å². The fourth-order valence-corrected chi connectivity index (χ4v) is 2.16. The van der Waals surface area contributed by atoms with Crippen LogP contribution in [0.5, 0.6) is 0 Å². The summed E-state index contributed by atoms with van der Waals surface area (Å²) < 4.78 is 5.14. The number of esters is 1. The van der Waals surface area contributed by atoms with Gasteiger partial charge in [0.15, 0.2) is 0 Å². The summed E-state index contributed by atoms with van der Waals surface area (Å²) in [6.45, 7) is 8.65. The maximum absolute atomic E-state index is 12.0. The summed E-state index contributed by atoms with van der Waals surface area (Å²) in [5, 5.41) is 12.1. The summed E-state index contributed by atoms with van der Waals surface area (Å²) >= 11 is 0. The van der Waals surface area contributed by atoms with Gasteiger partial charge in [0.2, 0.25) is 0 Å². The molecular formula is C13H19NO4. The van der Waals surface area contributed by atoms with Crippen LogP contribution in [0.1, 0.15) is 34.6 Å². The van der Waals surface area contributed by atoms with Crippen LogP contribution in [0.15, 0.2) is 22.5 Å². The van der Waals surface area contributed by atoms with Gasteiger partial charge in [-0.1, -0.05) is 6.92 Å². The lowest BCUT2D eigenvalue weighted by molar-refractivity contribution is -0.143. The number of dihydropyridines is 1. The first kappa shape index (κ1) is 14.3. The van der Waals surface area contributed by atoms with Gasteiger partial charge >= 0.3 is 11.9 Å². The van der Waals surface area contributed by atoms with Gasteiger partial charge in [0.1, 0.15) is 0 Å². The summed E-state index contributed by atoms with van der Waals surface area (Å²) in [5.41, 5.74) is 1.80. The van der Waals surface area contributed by atoms with Crippen LogP contribution in [-0.4, -0.2) is 23.1 Å². The maximum atomic E-state index is 12.0. The number of hydrogen-bond donors (Lipinski definition) is 2. The normalized spacial score (nSPS) is 20.0. The summed E-state index contributed by atoms with van der Waals surface area (Å²) in [6.07, 6.45) is -0.231. The molecule has 0 aliphatic carbocycles. The number of carbonyl (C=O) groups is 2. The Morgan fingerprint density at radius 1 is 1.22 bits per heavy atom. The van der Waals surface area contributed by atoms with Crippen LogP contribution < -0.4 is 5.32 Å². The van der Waals surface area contributed by atoms with E-state index in [0.717, 1.165) is 0 Å². The number of rotatable bonds is 3. The van der Waals surface area contributed by atoms with E-state index in [1.165, 1.54) is 0 Å². The van der Waals surface area contributed by atoms with Crippen LogP contribution in [0.2, 0.25) is 0 Å². The SMILES string of the molecule is CC1=C(C(=O)O)C(C)C(C(=O)OC(C)C)=C(C)N1. The second-order valence-electron chi connectivity index (χ2n) is 4.68. The molecule has 0 bridgehead atoms. The Labute approximate surface area is 107 Å². The molecule has 100 valence electrons. The molecule has 1 heterocycles. The largest absolute Gasteiger partial charge is 0.478 e. The van der Waals surface area contributed by atoms with Crippen LogP contribution in [0.3, 0.4) is 0 Å². The predicted molar refractivity (Wildman–Crippen MR) is 66.6 cm³/mol. The standard InChI is InChI=1S/C13H19NO4/c1-6(2)18-13(17)11-7(3)10(12(15)16)8(4)14-9(11)5/h6-7,14H,1-5H3,(H,15,16). The zero-order valence-corrected chi connectivity index (χ0v) is 11.3. The number of carboxylic acid groups (broad SMARTS) is 1. The third-order valence-corrected chi connectivity index (χ3v) is 2.84. The first-order chi connectivity index (χ1) is 8.25. The molecular weight excluding hydrogens is 234 g/mol. The van der Waals surface area contributed by atoms with Gasteiger partial charge in [0, 0.05) is 17.3 Å². The van der Waals surface area contributed by atoms with Crippen molar-refractivity contribution >= 4 is 11.9 Å². The van der Waals surface area contributed by atoms with Gasteiger partial charge in [-0.2, -0.15) is 0 Å². The lowest BCUT2D eigenvalue weighted by Crippen LogP contribution is -2.32. The Balaban J connectivity index is 3.10. The highest BCUT2D eigenvalue weighted by Gasteiger charge is 2.33. The van der Waals surface area contributed by atoms with Gasteiger partial charge in [-0.25, -0.2) is 9.59 Å². The number of carbonyl (C=O) groups excluding carboxylic acids is 1. The smallest absolute Gasteiger partial charge is 0.336 e. The second-order valence-corrected chi connectivity index (χ2v) is 4.68. The van der Waals surface area contributed by atoms with E-state index in [9.17, 15) is 14.7 Å². The van der Waals surface area contributed by atoms with Gasteiger partial charge < -0.3 is 15.2 Å². The molecule has 2 N–H and O–H groups in total. The fraction of sp³-hybridized carbons (Fsp3) is 0.538. The number of nitrogens with one attached hydrogen (secondary N) is 1. The van der Waals surface area contributed by atoms with E-state index in [2.05, 4.69) is 5.32 Å².